The minimum Gasteiger partial charge on any atom is -0.352 e. The van der Waals surface area contributed by atoms with E-state index in [1.807, 2.05) is 25.2 Å². The molecule has 0 aliphatic heterocycles. The smallest absolute Gasteiger partial charge is 0.243 e. The van der Waals surface area contributed by atoms with Crippen LogP contribution in [0, 0.1) is 0 Å². The van der Waals surface area contributed by atoms with Gasteiger partial charge in [0.1, 0.15) is 0 Å². The predicted octanol–water partition coefficient (Wildman–Crippen LogP) is 2.37. The van der Waals surface area contributed by atoms with Gasteiger partial charge in [0.25, 0.3) is 0 Å². The van der Waals surface area contributed by atoms with Crippen LogP contribution < -0.4 is 5.32 Å². The van der Waals surface area contributed by atoms with Crippen molar-refractivity contribution < 1.29 is 4.79 Å². The van der Waals surface area contributed by atoms with E-state index in [1.165, 1.54) is 11.6 Å². The molecular formula is C12H17NO. The second-order valence-electron chi connectivity index (χ2n) is 2.70. The van der Waals surface area contributed by atoms with Crippen molar-refractivity contribution in [2.45, 2.75) is 13.3 Å². The Kier molecular flexibility index (Phi) is 7.15. The fourth-order valence-corrected chi connectivity index (χ4v) is 0.918. The molecule has 0 bridgehead atoms. The van der Waals surface area contributed by atoms with Gasteiger partial charge in [-0.05, 0) is 19.4 Å². The molecule has 0 rings (SSSR count). The molecule has 0 spiro atoms. The van der Waals surface area contributed by atoms with Crippen molar-refractivity contribution >= 4 is 5.91 Å². The van der Waals surface area contributed by atoms with E-state index in [9.17, 15) is 4.79 Å². The van der Waals surface area contributed by atoms with Crippen molar-refractivity contribution in [3.8, 4) is 0 Å². The molecular weight excluding hydrogens is 174 g/mol. The van der Waals surface area contributed by atoms with Crippen LogP contribution in [0.4, 0.5) is 0 Å². The Hall–Kier alpha value is -1.57. The average Bonchev–Trinajstić information content (AvgIpc) is 2.22. The SMILES string of the molecule is C=C/C=C\C(=C/C)CCNC(=O)C=C. The second kappa shape index (κ2) is 8.05. The molecule has 1 N–H and O–H groups in total. The first-order valence-corrected chi connectivity index (χ1v) is 4.59. The summed E-state index contributed by atoms with van der Waals surface area (Å²) in [7, 11) is 0. The Morgan fingerprint density at radius 3 is 2.64 bits per heavy atom. The summed E-state index contributed by atoms with van der Waals surface area (Å²) in [5.41, 5.74) is 1.18. The third kappa shape index (κ3) is 6.00. The summed E-state index contributed by atoms with van der Waals surface area (Å²) < 4.78 is 0. The Bertz CT molecular complexity index is 261. The van der Waals surface area contributed by atoms with E-state index in [2.05, 4.69) is 18.5 Å². The highest BCUT2D eigenvalue weighted by Gasteiger charge is 1.94. The Morgan fingerprint density at radius 1 is 1.43 bits per heavy atom. The zero-order valence-corrected chi connectivity index (χ0v) is 8.62. The van der Waals surface area contributed by atoms with Crippen molar-refractivity contribution in [2.24, 2.45) is 0 Å². The van der Waals surface area contributed by atoms with Crippen LogP contribution in [0.15, 0.2) is 49.1 Å². The van der Waals surface area contributed by atoms with E-state index in [0.29, 0.717) is 6.54 Å². The number of amides is 1. The molecule has 0 aromatic carbocycles. The highest BCUT2D eigenvalue weighted by Crippen LogP contribution is 2.01. The van der Waals surface area contributed by atoms with Crippen LogP contribution in [0.2, 0.25) is 0 Å². The molecule has 0 fully saturated rings. The lowest BCUT2D eigenvalue weighted by molar-refractivity contribution is -0.116. The summed E-state index contributed by atoms with van der Waals surface area (Å²) in [6.45, 7) is 9.57. The summed E-state index contributed by atoms with van der Waals surface area (Å²) in [4.78, 5) is 10.8. The third-order valence-electron chi connectivity index (χ3n) is 1.72. The topological polar surface area (TPSA) is 29.1 Å². The summed E-state index contributed by atoms with van der Waals surface area (Å²) in [5.74, 6) is -0.131. The number of rotatable bonds is 6. The first-order chi connectivity index (χ1) is 6.74. The van der Waals surface area contributed by atoms with Crippen LogP contribution in [0.25, 0.3) is 0 Å². The van der Waals surface area contributed by atoms with Crippen LogP contribution in [0.3, 0.4) is 0 Å². The van der Waals surface area contributed by atoms with E-state index in [0.717, 1.165) is 6.42 Å². The molecule has 0 aliphatic carbocycles. The van der Waals surface area contributed by atoms with E-state index in [4.69, 9.17) is 0 Å². The minimum absolute atomic E-state index is 0.131. The molecule has 76 valence electrons. The largest absolute Gasteiger partial charge is 0.352 e. The molecule has 14 heavy (non-hydrogen) atoms. The second-order valence-corrected chi connectivity index (χ2v) is 2.70. The van der Waals surface area contributed by atoms with Crippen LogP contribution in [-0.2, 0) is 4.79 Å². The van der Waals surface area contributed by atoms with E-state index in [-0.39, 0.29) is 5.91 Å². The standard InChI is InChI=1S/C12H17NO/c1-4-7-8-11(5-2)9-10-13-12(14)6-3/h4-8H,1,3,9-10H2,2H3,(H,13,14)/b8-7-,11-5+. The first-order valence-electron chi connectivity index (χ1n) is 4.59. The number of carbonyl (C=O) groups is 1. The molecule has 0 unspecified atom stereocenters. The van der Waals surface area contributed by atoms with Crippen molar-refractivity contribution in [1.29, 1.82) is 0 Å². The van der Waals surface area contributed by atoms with Gasteiger partial charge in [0, 0.05) is 6.54 Å². The molecule has 0 heterocycles. The zero-order chi connectivity index (χ0) is 10.8. The van der Waals surface area contributed by atoms with Gasteiger partial charge >= 0.3 is 0 Å². The lowest BCUT2D eigenvalue weighted by Crippen LogP contribution is -2.21. The third-order valence-corrected chi connectivity index (χ3v) is 1.72. The zero-order valence-electron chi connectivity index (χ0n) is 8.62. The summed E-state index contributed by atoms with van der Waals surface area (Å²) >= 11 is 0. The van der Waals surface area contributed by atoms with Gasteiger partial charge in [0.15, 0.2) is 0 Å². The van der Waals surface area contributed by atoms with Gasteiger partial charge in [-0.15, -0.1) is 0 Å². The van der Waals surface area contributed by atoms with Gasteiger partial charge in [0.2, 0.25) is 5.91 Å². The van der Waals surface area contributed by atoms with Crippen molar-refractivity contribution in [2.75, 3.05) is 6.54 Å². The van der Waals surface area contributed by atoms with Crippen LogP contribution in [0.1, 0.15) is 13.3 Å². The van der Waals surface area contributed by atoms with E-state index < -0.39 is 0 Å². The van der Waals surface area contributed by atoms with Crippen molar-refractivity contribution in [3.63, 3.8) is 0 Å². The van der Waals surface area contributed by atoms with Crippen LogP contribution in [-0.4, -0.2) is 12.5 Å². The molecule has 0 saturated carbocycles. The Balaban J connectivity index is 3.86. The van der Waals surface area contributed by atoms with Gasteiger partial charge in [-0.2, -0.15) is 0 Å². The van der Waals surface area contributed by atoms with Gasteiger partial charge in [-0.25, -0.2) is 0 Å². The van der Waals surface area contributed by atoms with Gasteiger partial charge in [-0.3, -0.25) is 4.79 Å². The highest BCUT2D eigenvalue weighted by atomic mass is 16.1. The van der Waals surface area contributed by atoms with E-state index >= 15 is 0 Å². The molecule has 2 nitrogen and oxygen atoms in total. The van der Waals surface area contributed by atoms with Crippen molar-refractivity contribution in [1.82, 2.24) is 5.32 Å². The number of nitrogens with one attached hydrogen (secondary N) is 1. The minimum atomic E-state index is -0.131. The fraction of sp³-hybridized carbons (Fsp3) is 0.250. The molecule has 0 aromatic heterocycles. The molecule has 0 atom stereocenters. The average molecular weight is 191 g/mol. The number of carbonyl (C=O) groups excluding carboxylic acids is 1. The maximum atomic E-state index is 10.8. The normalized spacial score (nSPS) is 11.4. The molecule has 0 saturated heterocycles. The monoisotopic (exact) mass is 191 g/mol. The lowest BCUT2D eigenvalue weighted by atomic mass is 10.1. The van der Waals surface area contributed by atoms with Gasteiger partial charge in [0.05, 0.1) is 0 Å². The molecule has 0 aliphatic rings. The number of hydrogen-bond acceptors (Lipinski definition) is 1. The molecule has 0 radical (unpaired) electrons. The van der Waals surface area contributed by atoms with Crippen LogP contribution >= 0.6 is 0 Å². The lowest BCUT2D eigenvalue weighted by Gasteiger charge is -2.02. The molecule has 2 heteroatoms. The number of allylic oxidation sites excluding steroid dienone is 4. The fourth-order valence-electron chi connectivity index (χ4n) is 0.918. The van der Waals surface area contributed by atoms with Gasteiger partial charge < -0.3 is 5.32 Å². The molecule has 0 aromatic rings. The first kappa shape index (κ1) is 12.4. The maximum absolute atomic E-state index is 10.8. The predicted molar refractivity (Wildman–Crippen MR) is 60.9 cm³/mol. The Labute approximate surface area is 85.7 Å². The highest BCUT2D eigenvalue weighted by molar-refractivity contribution is 5.86. The van der Waals surface area contributed by atoms with Crippen LogP contribution in [0.5, 0.6) is 0 Å². The quantitative estimate of drug-likeness (QED) is 0.507. The van der Waals surface area contributed by atoms with Crippen molar-refractivity contribution in [3.05, 3.63) is 49.1 Å². The molecule has 1 amide bonds. The summed E-state index contributed by atoms with van der Waals surface area (Å²) in [6.07, 6.45) is 9.69. The van der Waals surface area contributed by atoms with E-state index in [1.54, 1.807) is 6.08 Å². The Morgan fingerprint density at radius 2 is 2.14 bits per heavy atom. The number of hydrogen-bond donors (Lipinski definition) is 1. The summed E-state index contributed by atoms with van der Waals surface area (Å²) in [5, 5.41) is 2.72. The van der Waals surface area contributed by atoms with Gasteiger partial charge in [-0.1, -0.05) is 43.0 Å². The maximum Gasteiger partial charge on any atom is 0.243 e. The summed E-state index contributed by atoms with van der Waals surface area (Å²) in [6, 6.07) is 0.